The molecule has 23 heavy (non-hydrogen) atoms. The lowest BCUT2D eigenvalue weighted by Crippen LogP contribution is -2.39. The van der Waals surface area contributed by atoms with Gasteiger partial charge < -0.3 is 14.8 Å². The lowest BCUT2D eigenvalue weighted by Gasteiger charge is -2.32. The number of carbonyl (C=O) groups is 1. The molecular weight excluding hydrogens is 292 g/mol. The SMILES string of the molecule is O=C1OC2(CCNCC2)c2ccc(OCc3ccccc3)nc21. The number of rotatable bonds is 3. The van der Waals surface area contributed by atoms with Gasteiger partial charge in [0.05, 0.1) is 0 Å². The minimum Gasteiger partial charge on any atom is -0.473 e. The number of hydrogen-bond donors (Lipinski definition) is 1. The fourth-order valence-corrected chi connectivity index (χ4v) is 3.26. The molecule has 1 aromatic carbocycles. The average Bonchev–Trinajstić information content (AvgIpc) is 2.86. The summed E-state index contributed by atoms with van der Waals surface area (Å²) in [6.07, 6.45) is 1.58. The average molecular weight is 310 g/mol. The second-order valence-corrected chi connectivity index (χ2v) is 5.95. The van der Waals surface area contributed by atoms with Crippen LogP contribution in [0.5, 0.6) is 5.88 Å². The van der Waals surface area contributed by atoms with Crippen LogP contribution in [0.3, 0.4) is 0 Å². The topological polar surface area (TPSA) is 60.5 Å². The molecule has 2 aromatic rings. The zero-order valence-electron chi connectivity index (χ0n) is 12.7. The van der Waals surface area contributed by atoms with Gasteiger partial charge in [-0.05, 0) is 24.7 Å². The zero-order valence-corrected chi connectivity index (χ0v) is 12.7. The molecule has 0 amide bonds. The first-order chi connectivity index (χ1) is 11.3. The molecule has 5 heteroatoms. The summed E-state index contributed by atoms with van der Waals surface area (Å²) in [5.74, 6) is 0.114. The number of piperidine rings is 1. The highest BCUT2D eigenvalue weighted by molar-refractivity contribution is 5.92. The van der Waals surface area contributed by atoms with E-state index in [2.05, 4.69) is 10.3 Å². The molecular formula is C18H18N2O3. The van der Waals surface area contributed by atoms with Crippen molar-refractivity contribution in [3.63, 3.8) is 0 Å². The van der Waals surface area contributed by atoms with Gasteiger partial charge in [-0.1, -0.05) is 30.3 Å². The largest absolute Gasteiger partial charge is 0.473 e. The van der Waals surface area contributed by atoms with Crippen LogP contribution >= 0.6 is 0 Å². The van der Waals surface area contributed by atoms with Gasteiger partial charge in [-0.25, -0.2) is 9.78 Å². The van der Waals surface area contributed by atoms with Gasteiger partial charge in [0.15, 0.2) is 5.69 Å². The lowest BCUT2D eigenvalue weighted by atomic mass is 9.86. The van der Waals surface area contributed by atoms with Gasteiger partial charge in [-0.3, -0.25) is 0 Å². The van der Waals surface area contributed by atoms with Gasteiger partial charge >= 0.3 is 5.97 Å². The van der Waals surface area contributed by atoms with Crippen molar-refractivity contribution in [2.24, 2.45) is 0 Å². The number of ether oxygens (including phenoxy) is 2. The van der Waals surface area contributed by atoms with Crippen LogP contribution in [0.2, 0.25) is 0 Å². The van der Waals surface area contributed by atoms with Crippen LogP contribution in [0.4, 0.5) is 0 Å². The number of aromatic nitrogens is 1. The molecule has 0 radical (unpaired) electrons. The highest BCUT2D eigenvalue weighted by Crippen LogP contribution is 2.42. The predicted molar refractivity (Wildman–Crippen MR) is 84.2 cm³/mol. The number of esters is 1. The van der Waals surface area contributed by atoms with Crippen LogP contribution in [0.1, 0.15) is 34.5 Å². The number of hydrogen-bond acceptors (Lipinski definition) is 5. The van der Waals surface area contributed by atoms with Crippen molar-refractivity contribution in [2.75, 3.05) is 13.1 Å². The molecule has 2 aliphatic rings. The molecule has 1 fully saturated rings. The van der Waals surface area contributed by atoms with Crippen LogP contribution < -0.4 is 10.1 Å². The van der Waals surface area contributed by atoms with Crippen molar-refractivity contribution in [1.29, 1.82) is 0 Å². The Bertz CT molecular complexity index is 724. The van der Waals surface area contributed by atoms with E-state index in [1.54, 1.807) is 0 Å². The predicted octanol–water partition coefficient (Wildman–Crippen LogP) is 2.41. The molecule has 1 N–H and O–H groups in total. The normalized spacial score (nSPS) is 18.5. The summed E-state index contributed by atoms with van der Waals surface area (Å²) in [5.41, 5.74) is 1.86. The minimum absolute atomic E-state index is 0.341. The van der Waals surface area contributed by atoms with Crippen LogP contribution in [0.15, 0.2) is 42.5 Å². The van der Waals surface area contributed by atoms with Crippen molar-refractivity contribution in [2.45, 2.75) is 25.0 Å². The van der Waals surface area contributed by atoms with E-state index in [1.165, 1.54) is 0 Å². The molecule has 2 aliphatic heterocycles. The zero-order chi connectivity index (χ0) is 15.7. The Labute approximate surface area is 134 Å². The van der Waals surface area contributed by atoms with Crippen molar-refractivity contribution in [1.82, 2.24) is 10.3 Å². The fraction of sp³-hybridized carbons (Fsp3) is 0.333. The molecule has 118 valence electrons. The van der Waals surface area contributed by atoms with Crippen molar-refractivity contribution < 1.29 is 14.3 Å². The molecule has 0 aliphatic carbocycles. The summed E-state index contributed by atoms with van der Waals surface area (Å²) in [5, 5.41) is 3.30. The van der Waals surface area contributed by atoms with E-state index in [9.17, 15) is 4.79 Å². The molecule has 0 unspecified atom stereocenters. The summed E-state index contributed by atoms with van der Waals surface area (Å²) in [6, 6.07) is 13.6. The molecule has 0 atom stereocenters. The van der Waals surface area contributed by atoms with E-state index in [4.69, 9.17) is 9.47 Å². The maximum Gasteiger partial charge on any atom is 0.358 e. The van der Waals surface area contributed by atoms with E-state index in [0.29, 0.717) is 18.2 Å². The van der Waals surface area contributed by atoms with Crippen molar-refractivity contribution in [3.8, 4) is 5.88 Å². The van der Waals surface area contributed by atoms with Crippen LogP contribution in [-0.2, 0) is 16.9 Å². The van der Waals surface area contributed by atoms with E-state index in [0.717, 1.165) is 37.1 Å². The lowest BCUT2D eigenvalue weighted by molar-refractivity contribution is -0.0242. The maximum atomic E-state index is 12.2. The number of nitrogens with one attached hydrogen (secondary N) is 1. The molecule has 1 saturated heterocycles. The summed E-state index contributed by atoms with van der Waals surface area (Å²) in [4.78, 5) is 16.6. The smallest absolute Gasteiger partial charge is 0.358 e. The monoisotopic (exact) mass is 310 g/mol. The van der Waals surface area contributed by atoms with Gasteiger partial charge in [-0.2, -0.15) is 0 Å². The van der Waals surface area contributed by atoms with Gasteiger partial charge in [0, 0.05) is 24.5 Å². The Hall–Kier alpha value is -2.40. The second-order valence-electron chi connectivity index (χ2n) is 5.95. The summed E-state index contributed by atoms with van der Waals surface area (Å²) in [6.45, 7) is 2.12. The number of pyridine rings is 1. The van der Waals surface area contributed by atoms with Gasteiger partial charge in [0.1, 0.15) is 12.2 Å². The molecule has 4 rings (SSSR count). The fourth-order valence-electron chi connectivity index (χ4n) is 3.26. The van der Waals surface area contributed by atoms with Gasteiger partial charge in [0.25, 0.3) is 0 Å². The summed E-state index contributed by atoms with van der Waals surface area (Å²) < 4.78 is 11.4. The Morgan fingerprint density at radius 2 is 1.91 bits per heavy atom. The third-order valence-electron chi connectivity index (χ3n) is 4.48. The highest BCUT2D eigenvalue weighted by atomic mass is 16.6. The van der Waals surface area contributed by atoms with Gasteiger partial charge in [-0.15, -0.1) is 0 Å². The molecule has 0 saturated carbocycles. The first-order valence-corrected chi connectivity index (χ1v) is 7.89. The third-order valence-corrected chi connectivity index (χ3v) is 4.48. The summed E-state index contributed by atoms with van der Waals surface area (Å²) in [7, 11) is 0. The van der Waals surface area contributed by atoms with E-state index < -0.39 is 5.60 Å². The Kier molecular flexibility index (Phi) is 3.50. The minimum atomic E-state index is -0.497. The third kappa shape index (κ3) is 2.57. The van der Waals surface area contributed by atoms with Crippen molar-refractivity contribution in [3.05, 3.63) is 59.3 Å². The first-order valence-electron chi connectivity index (χ1n) is 7.89. The Morgan fingerprint density at radius 1 is 1.13 bits per heavy atom. The van der Waals surface area contributed by atoms with E-state index in [-0.39, 0.29) is 5.97 Å². The number of benzene rings is 1. The second kappa shape index (κ2) is 5.66. The molecule has 3 heterocycles. The molecule has 5 nitrogen and oxygen atoms in total. The standard InChI is InChI=1S/C18H18N2O3/c21-17-16-14(18(23-17)8-10-19-11-9-18)6-7-15(20-16)22-12-13-4-2-1-3-5-13/h1-7,19H,8-12H2. The molecule has 0 bridgehead atoms. The maximum absolute atomic E-state index is 12.2. The van der Waals surface area contributed by atoms with Gasteiger partial charge in [0.2, 0.25) is 5.88 Å². The molecule has 1 spiro atoms. The van der Waals surface area contributed by atoms with Crippen LogP contribution in [0, 0.1) is 0 Å². The van der Waals surface area contributed by atoms with E-state index in [1.807, 2.05) is 42.5 Å². The van der Waals surface area contributed by atoms with E-state index >= 15 is 0 Å². The first kappa shape index (κ1) is 14.2. The van der Waals surface area contributed by atoms with Crippen molar-refractivity contribution >= 4 is 5.97 Å². The Morgan fingerprint density at radius 3 is 2.70 bits per heavy atom. The van der Waals surface area contributed by atoms with Crippen LogP contribution in [0.25, 0.3) is 0 Å². The summed E-state index contributed by atoms with van der Waals surface area (Å²) >= 11 is 0. The number of carbonyl (C=O) groups excluding carboxylic acids is 1. The Balaban J connectivity index is 1.56. The highest BCUT2D eigenvalue weighted by Gasteiger charge is 2.47. The number of nitrogens with zero attached hydrogens (tertiary/aromatic N) is 1. The molecule has 1 aromatic heterocycles. The number of fused-ring (bicyclic) bond motifs is 2. The van der Waals surface area contributed by atoms with Crippen LogP contribution in [-0.4, -0.2) is 24.0 Å². The quantitative estimate of drug-likeness (QED) is 0.882.